The van der Waals surface area contributed by atoms with E-state index in [4.69, 9.17) is 16.3 Å². The number of hydrogen-bond acceptors (Lipinski definition) is 4. The van der Waals surface area contributed by atoms with Gasteiger partial charge >= 0.3 is 18.2 Å². The summed E-state index contributed by atoms with van der Waals surface area (Å²) in [5, 5.41) is 6.40. The summed E-state index contributed by atoms with van der Waals surface area (Å²) in [5.74, 6) is -1.82. The Balaban J connectivity index is 1.67. The number of carbonyl (C=O) groups excluding carboxylic acids is 2. The zero-order valence-corrected chi connectivity index (χ0v) is 19.9. The molecule has 0 aliphatic carbocycles. The van der Waals surface area contributed by atoms with Gasteiger partial charge in [-0.1, -0.05) is 29.8 Å². The molecular formula is C24H27ClF3N3O3. The molecule has 0 bridgehead atoms. The molecule has 0 atom stereocenters. The third-order valence-electron chi connectivity index (χ3n) is 5.24. The Morgan fingerprint density at radius 3 is 2.29 bits per heavy atom. The van der Waals surface area contributed by atoms with Crippen molar-refractivity contribution in [1.29, 1.82) is 0 Å². The first-order valence-electron chi connectivity index (χ1n) is 10.8. The molecule has 0 saturated heterocycles. The van der Waals surface area contributed by atoms with Gasteiger partial charge in [0.15, 0.2) is 0 Å². The highest BCUT2D eigenvalue weighted by Crippen LogP contribution is 2.33. The van der Waals surface area contributed by atoms with Gasteiger partial charge in [-0.2, -0.15) is 13.2 Å². The topological polar surface area (TPSA) is 70.7 Å². The molecule has 2 N–H and O–H groups in total. The SMILES string of the molecule is CC(C)(C)OC(=O)Nc1ccc(CNc2c(Cl)ccc3c2CCN(C(=O)C(F)(F)F)CC3)cc1. The molecule has 1 heterocycles. The molecule has 1 aliphatic rings. The van der Waals surface area contributed by atoms with E-state index in [0.29, 0.717) is 29.4 Å². The number of alkyl halides is 3. The zero-order chi connectivity index (χ0) is 25.1. The van der Waals surface area contributed by atoms with E-state index < -0.39 is 23.8 Å². The van der Waals surface area contributed by atoms with Gasteiger partial charge in [-0.3, -0.25) is 10.1 Å². The Morgan fingerprint density at radius 2 is 1.68 bits per heavy atom. The van der Waals surface area contributed by atoms with Gasteiger partial charge in [-0.25, -0.2) is 4.79 Å². The van der Waals surface area contributed by atoms with Crippen LogP contribution in [0.5, 0.6) is 0 Å². The quantitative estimate of drug-likeness (QED) is 0.561. The Morgan fingerprint density at radius 1 is 1.03 bits per heavy atom. The van der Waals surface area contributed by atoms with Gasteiger partial charge in [0.05, 0.1) is 10.7 Å². The molecule has 34 heavy (non-hydrogen) atoms. The summed E-state index contributed by atoms with van der Waals surface area (Å²) >= 11 is 6.40. The molecule has 10 heteroatoms. The number of rotatable bonds is 4. The van der Waals surface area contributed by atoms with E-state index >= 15 is 0 Å². The lowest BCUT2D eigenvalue weighted by molar-refractivity contribution is -0.185. The van der Waals surface area contributed by atoms with Gasteiger partial charge in [0, 0.05) is 25.3 Å². The van der Waals surface area contributed by atoms with Gasteiger partial charge in [-0.15, -0.1) is 0 Å². The molecule has 184 valence electrons. The molecule has 2 aromatic carbocycles. The lowest BCUT2D eigenvalue weighted by Gasteiger charge is -2.21. The zero-order valence-electron chi connectivity index (χ0n) is 19.2. The molecule has 2 amide bonds. The van der Waals surface area contributed by atoms with Gasteiger partial charge in [0.25, 0.3) is 0 Å². The van der Waals surface area contributed by atoms with E-state index in [9.17, 15) is 22.8 Å². The van der Waals surface area contributed by atoms with Crippen LogP contribution in [0, 0.1) is 0 Å². The van der Waals surface area contributed by atoms with Crippen molar-refractivity contribution in [2.75, 3.05) is 23.7 Å². The minimum atomic E-state index is -4.89. The highest BCUT2D eigenvalue weighted by atomic mass is 35.5. The van der Waals surface area contributed by atoms with Crippen LogP contribution in [0.4, 0.5) is 29.3 Å². The number of nitrogens with zero attached hydrogens (tertiary/aromatic N) is 1. The Kier molecular flexibility index (Phi) is 7.65. The van der Waals surface area contributed by atoms with E-state index in [1.165, 1.54) is 0 Å². The lowest BCUT2D eigenvalue weighted by Crippen LogP contribution is -2.42. The molecule has 3 rings (SSSR count). The van der Waals surface area contributed by atoms with Crippen molar-refractivity contribution < 1.29 is 27.5 Å². The summed E-state index contributed by atoms with van der Waals surface area (Å²) in [4.78, 5) is 24.4. The summed E-state index contributed by atoms with van der Waals surface area (Å²) in [6.45, 7) is 5.71. The number of halogens is 4. The fourth-order valence-corrected chi connectivity index (χ4v) is 3.93. The minimum Gasteiger partial charge on any atom is -0.444 e. The molecule has 0 unspecified atom stereocenters. The normalized spacial score (nSPS) is 14.1. The summed E-state index contributed by atoms with van der Waals surface area (Å²) in [5.41, 5.74) is 3.22. The smallest absolute Gasteiger partial charge is 0.444 e. The highest BCUT2D eigenvalue weighted by Gasteiger charge is 2.42. The maximum atomic E-state index is 12.9. The molecule has 0 radical (unpaired) electrons. The van der Waals surface area contributed by atoms with Crippen LogP contribution in [0.25, 0.3) is 0 Å². The predicted molar refractivity (Wildman–Crippen MR) is 125 cm³/mol. The average Bonchev–Trinajstić information content (AvgIpc) is 2.94. The monoisotopic (exact) mass is 497 g/mol. The molecule has 0 spiro atoms. The van der Waals surface area contributed by atoms with Crippen molar-refractivity contribution >= 4 is 35.0 Å². The van der Waals surface area contributed by atoms with Gasteiger partial charge in [0.1, 0.15) is 5.60 Å². The number of benzene rings is 2. The van der Waals surface area contributed by atoms with E-state index in [2.05, 4.69) is 10.6 Å². The average molecular weight is 498 g/mol. The van der Waals surface area contributed by atoms with Crippen molar-refractivity contribution in [2.45, 2.75) is 51.9 Å². The molecule has 2 aromatic rings. The van der Waals surface area contributed by atoms with Crippen molar-refractivity contribution in [1.82, 2.24) is 4.90 Å². The summed E-state index contributed by atoms with van der Waals surface area (Å²) < 4.78 is 43.8. The first-order chi connectivity index (χ1) is 15.8. The fraction of sp³-hybridized carbons (Fsp3) is 0.417. The number of hydrogen-bond donors (Lipinski definition) is 2. The lowest BCUT2D eigenvalue weighted by atomic mass is 10.0. The van der Waals surface area contributed by atoms with E-state index in [0.717, 1.165) is 21.6 Å². The summed E-state index contributed by atoms with van der Waals surface area (Å²) in [7, 11) is 0. The molecular weight excluding hydrogens is 471 g/mol. The van der Waals surface area contributed by atoms with Crippen LogP contribution in [0.2, 0.25) is 5.02 Å². The standard InChI is InChI=1S/C24H27ClF3N3O3/c1-23(2,3)34-22(33)30-17-7-4-15(5-8-17)14-29-20-18-11-13-31(21(32)24(26,27)28)12-10-16(18)6-9-19(20)25/h4-9,29H,10-14H2,1-3H3,(H,30,33). The second-order valence-corrected chi connectivity index (χ2v) is 9.43. The minimum absolute atomic E-state index is 0.00146. The largest absolute Gasteiger partial charge is 0.471 e. The number of nitrogens with one attached hydrogen (secondary N) is 2. The highest BCUT2D eigenvalue weighted by molar-refractivity contribution is 6.33. The number of fused-ring (bicyclic) bond motifs is 1. The third kappa shape index (κ3) is 6.79. The molecule has 0 aromatic heterocycles. The van der Waals surface area contributed by atoms with Crippen molar-refractivity contribution in [3.63, 3.8) is 0 Å². The maximum absolute atomic E-state index is 12.9. The van der Waals surface area contributed by atoms with Crippen LogP contribution in [0.15, 0.2) is 36.4 Å². The van der Waals surface area contributed by atoms with Gasteiger partial charge in [0.2, 0.25) is 0 Å². The Labute approximate surface area is 201 Å². The first-order valence-corrected chi connectivity index (χ1v) is 11.2. The van der Waals surface area contributed by atoms with Crippen molar-refractivity contribution in [3.8, 4) is 0 Å². The summed E-state index contributed by atoms with van der Waals surface area (Å²) in [6.07, 6.45) is -4.86. The number of anilines is 2. The number of carbonyl (C=O) groups is 2. The molecule has 0 saturated carbocycles. The molecule has 6 nitrogen and oxygen atoms in total. The van der Waals surface area contributed by atoms with Crippen LogP contribution >= 0.6 is 11.6 Å². The maximum Gasteiger partial charge on any atom is 0.471 e. The van der Waals surface area contributed by atoms with E-state index in [1.807, 2.05) is 12.1 Å². The van der Waals surface area contributed by atoms with Gasteiger partial charge < -0.3 is 15.0 Å². The Bertz CT molecular complexity index is 1050. The van der Waals surface area contributed by atoms with Crippen LogP contribution < -0.4 is 10.6 Å². The van der Waals surface area contributed by atoms with E-state index in [1.54, 1.807) is 45.0 Å². The van der Waals surface area contributed by atoms with Gasteiger partial charge in [-0.05, 0) is 68.5 Å². The number of amides is 2. The second-order valence-electron chi connectivity index (χ2n) is 9.03. The van der Waals surface area contributed by atoms with Crippen LogP contribution in [0.1, 0.15) is 37.5 Å². The second kappa shape index (κ2) is 10.1. The molecule has 1 aliphatic heterocycles. The first kappa shape index (κ1) is 25.7. The van der Waals surface area contributed by atoms with Crippen LogP contribution in [0.3, 0.4) is 0 Å². The third-order valence-corrected chi connectivity index (χ3v) is 5.56. The van der Waals surface area contributed by atoms with Crippen LogP contribution in [-0.2, 0) is 28.9 Å². The Hall–Kier alpha value is -2.94. The predicted octanol–water partition coefficient (Wildman–Crippen LogP) is 5.79. The fourth-order valence-electron chi connectivity index (χ4n) is 3.69. The van der Waals surface area contributed by atoms with E-state index in [-0.39, 0.29) is 19.5 Å². The van der Waals surface area contributed by atoms with Crippen molar-refractivity contribution in [3.05, 3.63) is 58.1 Å². The van der Waals surface area contributed by atoms with Crippen LogP contribution in [-0.4, -0.2) is 41.8 Å². The number of ether oxygens (including phenoxy) is 1. The summed E-state index contributed by atoms with van der Waals surface area (Å²) in [6, 6.07) is 10.7. The molecule has 0 fully saturated rings. The van der Waals surface area contributed by atoms with Crippen molar-refractivity contribution in [2.24, 2.45) is 0 Å².